The van der Waals surface area contributed by atoms with Gasteiger partial charge in [-0.05, 0) is 25.1 Å². The Bertz CT molecular complexity index is 1030. The quantitative estimate of drug-likeness (QED) is 0.711. The second-order valence-electron chi connectivity index (χ2n) is 5.93. The van der Waals surface area contributed by atoms with Crippen LogP contribution in [0.1, 0.15) is 27.8 Å². The van der Waals surface area contributed by atoms with Crippen molar-refractivity contribution < 1.29 is 14.3 Å². The first-order valence-corrected chi connectivity index (χ1v) is 8.63. The lowest BCUT2D eigenvalue weighted by molar-refractivity contribution is 0.0527. The second-order valence-corrected chi connectivity index (χ2v) is 5.93. The van der Waals surface area contributed by atoms with Gasteiger partial charge in [0.15, 0.2) is 5.82 Å². The normalized spacial score (nSPS) is 13.0. The van der Waals surface area contributed by atoms with E-state index in [2.05, 4.69) is 20.4 Å². The van der Waals surface area contributed by atoms with Crippen LogP contribution < -0.4 is 5.32 Å². The molecule has 27 heavy (non-hydrogen) atoms. The van der Waals surface area contributed by atoms with Crippen molar-refractivity contribution in [3.8, 4) is 22.8 Å². The molecule has 1 aliphatic rings. The Kier molecular flexibility index (Phi) is 4.37. The van der Waals surface area contributed by atoms with Gasteiger partial charge in [-0.1, -0.05) is 18.2 Å². The minimum absolute atomic E-state index is 0.151. The van der Waals surface area contributed by atoms with Crippen molar-refractivity contribution in [3.05, 3.63) is 53.9 Å². The molecule has 0 spiro atoms. The summed E-state index contributed by atoms with van der Waals surface area (Å²) in [6.45, 7) is 3.21. The lowest BCUT2D eigenvalue weighted by Crippen LogP contribution is -2.35. The van der Waals surface area contributed by atoms with Crippen molar-refractivity contribution in [2.75, 3.05) is 13.2 Å². The molecule has 1 aliphatic heterocycles. The van der Waals surface area contributed by atoms with E-state index >= 15 is 0 Å². The fourth-order valence-corrected chi connectivity index (χ4v) is 2.96. The molecule has 8 nitrogen and oxygen atoms in total. The molecule has 8 heteroatoms. The third kappa shape index (κ3) is 3.17. The standard InChI is InChI=1S/C19H17N5O3/c1-2-27-19(26)13-6-4-3-5-12(13)17-20-8-7-14(22-17)15-11-16-18(25)21-9-10-24(16)23-15/h3-8,11H,2,9-10H2,1H3,(H,21,25). The number of benzene rings is 1. The van der Waals surface area contributed by atoms with E-state index in [1.165, 1.54) is 0 Å². The average Bonchev–Trinajstić information content (AvgIpc) is 3.14. The highest BCUT2D eigenvalue weighted by atomic mass is 16.5. The number of carbonyl (C=O) groups excluding carboxylic acids is 2. The molecule has 136 valence electrons. The van der Waals surface area contributed by atoms with E-state index in [-0.39, 0.29) is 12.5 Å². The molecule has 1 aromatic carbocycles. The maximum Gasteiger partial charge on any atom is 0.338 e. The number of carbonyl (C=O) groups is 2. The minimum Gasteiger partial charge on any atom is -0.462 e. The average molecular weight is 363 g/mol. The van der Waals surface area contributed by atoms with Gasteiger partial charge in [-0.2, -0.15) is 5.10 Å². The number of esters is 1. The smallest absolute Gasteiger partial charge is 0.338 e. The first-order valence-electron chi connectivity index (χ1n) is 8.63. The van der Waals surface area contributed by atoms with Crippen LogP contribution in [0.5, 0.6) is 0 Å². The number of nitrogens with one attached hydrogen (secondary N) is 1. The molecule has 2 aromatic heterocycles. The van der Waals surface area contributed by atoms with Crippen LogP contribution in [0.4, 0.5) is 0 Å². The molecule has 3 heterocycles. The van der Waals surface area contributed by atoms with Crippen LogP contribution in [0, 0.1) is 0 Å². The lowest BCUT2D eigenvalue weighted by atomic mass is 10.1. The third-order valence-corrected chi connectivity index (χ3v) is 4.20. The predicted octanol–water partition coefficient (Wildman–Crippen LogP) is 1.93. The first-order chi connectivity index (χ1) is 13.2. The molecular formula is C19H17N5O3. The van der Waals surface area contributed by atoms with Crippen molar-refractivity contribution in [2.45, 2.75) is 13.5 Å². The van der Waals surface area contributed by atoms with E-state index in [1.807, 2.05) is 6.07 Å². The van der Waals surface area contributed by atoms with Crippen LogP contribution in [0.3, 0.4) is 0 Å². The SMILES string of the molecule is CCOC(=O)c1ccccc1-c1nccc(-c2cc3n(n2)CCNC3=O)n1. The monoisotopic (exact) mass is 363 g/mol. The Morgan fingerprint density at radius 3 is 2.93 bits per heavy atom. The van der Waals surface area contributed by atoms with E-state index < -0.39 is 5.97 Å². The summed E-state index contributed by atoms with van der Waals surface area (Å²) in [5.41, 5.74) is 2.65. The maximum absolute atomic E-state index is 12.2. The van der Waals surface area contributed by atoms with Crippen LogP contribution in [-0.2, 0) is 11.3 Å². The summed E-state index contributed by atoms with van der Waals surface area (Å²) < 4.78 is 6.79. The number of amides is 1. The number of fused-ring (bicyclic) bond motifs is 1. The van der Waals surface area contributed by atoms with E-state index in [0.29, 0.717) is 47.1 Å². The largest absolute Gasteiger partial charge is 0.462 e. The van der Waals surface area contributed by atoms with Gasteiger partial charge in [-0.3, -0.25) is 9.48 Å². The Hall–Kier alpha value is -3.55. The molecule has 4 rings (SSSR count). The van der Waals surface area contributed by atoms with Crippen LogP contribution >= 0.6 is 0 Å². The summed E-state index contributed by atoms with van der Waals surface area (Å²) in [6.07, 6.45) is 1.61. The molecule has 0 atom stereocenters. The number of ether oxygens (including phenoxy) is 1. The fourth-order valence-electron chi connectivity index (χ4n) is 2.96. The zero-order chi connectivity index (χ0) is 18.8. The van der Waals surface area contributed by atoms with Gasteiger partial charge in [0.05, 0.1) is 24.4 Å². The Labute approximate surface area is 155 Å². The summed E-state index contributed by atoms with van der Waals surface area (Å²) in [5.74, 6) is -0.176. The molecule has 0 bridgehead atoms. The van der Waals surface area contributed by atoms with Gasteiger partial charge >= 0.3 is 5.97 Å². The van der Waals surface area contributed by atoms with Gasteiger partial charge in [0.1, 0.15) is 11.4 Å². The predicted molar refractivity (Wildman–Crippen MR) is 97.0 cm³/mol. The van der Waals surface area contributed by atoms with Crippen molar-refractivity contribution in [1.82, 2.24) is 25.1 Å². The van der Waals surface area contributed by atoms with Gasteiger partial charge in [0.2, 0.25) is 0 Å². The summed E-state index contributed by atoms with van der Waals surface area (Å²) in [5, 5.41) is 7.26. The topological polar surface area (TPSA) is 99.0 Å². The molecule has 1 N–H and O–H groups in total. The van der Waals surface area contributed by atoms with Crippen LogP contribution in [-0.4, -0.2) is 44.8 Å². The summed E-state index contributed by atoms with van der Waals surface area (Å²) in [6, 6.07) is 10.5. The number of rotatable bonds is 4. The highest BCUT2D eigenvalue weighted by Gasteiger charge is 2.21. The first kappa shape index (κ1) is 16.9. The summed E-state index contributed by atoms with van der Waals surface area (Å²) in [7, 11) is 0. The molecular weight excluding hydrogens is 346 g/mol. The molecule has 3 aromatic rings. The van der Waals surface area contributed by atoms with E-state index in [4.69, 9.17) is 4.74 Å². The highest BCUT2D eigenvalue weighted by molar-refractivity contribution is 5.96. The van der Waals surface area contributed by atoms with Gasteiger partial charge < -0.3 is 10.1 Å². The third-order valence-electron chi connectivity index (χ3n) is 4.20. The molecule has 0 fully saturated rings. The van der Waals surface area contributed by atoms with E-state index in [0.717, 1.165) is 0 Å². The highest BCUT2D eigenvalue weighted by Crippen LogP contribution is 2.24. The molecule has 0 unspecified atom stereocenters. The van der Waals surface area contributed by atoms with Gasteiger partial charge in [-0.15, -0.1) is 0 Å². The summed E-state index contributed by atoms with van der Waals surface area (Å²) in [4.78, 5) is 33.0. The zero-order valence-corrected chi connectivity index (χ0v) is 14.7. The molecule has 0 saturated heterocycles. The van der Waals surface area contributed by atoms with Gasteiger partial charge in [0, 0.05) is 18.3 Å². The van der Waals surface area contributed by atoms with E-state index in [1.54, 1.807) is 48.1 Å². The molecule has 0 radical (unpaired) electrons. The number of aromatic nitrogens is 4. The Morgan fingerprint density at radius 1 is 1.26 bits per heavy atom. The van der Waals surface area contributed by atoms with Crippen LogP contribution in [0.2, 0.25) is 0 Å². The molecule has 1 amide bonds. The second kappa shape index (κ2) is 6.99. The lowest BCUT2D eigenvalue weighted by Gasteiger charge is -2.13. The summed E-state index contributed by atoms with van der Waals surface area (Å²) >= 11 is 0. The van der Waals surface area contributed by atoms with Crippen molar-refractivity contribution in [3.63, 3.8) is 0 Å². The number of hydrogen-bond donors (Lipinski definition) is 1. The Balaban J connectivity index is 1.75. The number of hydrogen-bond acceptors (Lipinski definition) is 6. The van der Waals surface area contributed by atoms with Crippen LogP contribution in [0.25, 0.3) is 22.8 Å². The maximum atomic E-state index is 12.2. The number of nitrogens with zero attached hydrogens (tertiary/aromatic N) is 4. The molecule has 0 saturated carbocycles. The fraction of sp³-hybridized carbons (Fsp3) is 0.211. The van der Waals surface area contributed by atoms with Gasteiger partial charge in [0.25, 0.3) is 5.91 Å². The van der Waals surface area contributed by atoms with Crippen molar-refractivity contribution in [2.24, 2.45) is 0 Å². The molecule has 0 aliphatic carbocycles. The van der Waals surface area contributed by atoms with E-state index in [9.17, 15) is 9.59 Å². The minimum atomic E-state index is -0.420. The Morgan fingerprint density at radius 2 is 2.11 bits per heavy atom. The zero-order valence-electron chi connectivity index (χ0n) is 14.7. The van der Waals surface area contributed by atoms with Crippen molar-refractivity contribution >= 4 is 11.9 Å². The van der Waals surface area contributed by atoms with Crippen molar-refractivity contribution in [1.29, 1.82) is 0 Å². The van der Waals surface area contributed by atoms with Gasteiger partial charge in [-0.25, -0.2) is 14.8 Å². The van der Waals surface area contributed by atoms with Crippen LogP contribution in [0.15, 0.2) is 42.6 Å².